The van der Waals surface area contributed by atoms with Crippen molar-refractivity contribution in [3.8, 4) is 0 Å². The minimum atomic E-state index is 0.128. The average molecular weight is 312 g/mol. The summed E-state index contributed by atoms with van der Waals surface area (Å²) in [6, 6.07) is 4.67. The fourth-order valence-corrected chi connectivity index (χ4v) is 4.25. The number of H-pyrrole nitrogens is 1. The fourth-order valence-electron chi connectivity index (χ4n) is 4.25. The highest BCUT2D eigenvalue weighted by Gasteiger charge is 2.45. The minimum Gasteiger partial charge on any atom is -0.378 e. The highest BCUT2D eigenvalue weighted by atomic mass is 16.5. The van der Waals surface area contributed by atoms with Crippen molar-refractivity contribution in [3.63, 3.8) is 0 Å². The second kappa shape index (κ2) is 5.38. The Morgan fingerprint density at radius 2 is 2.17 bits per heavy atom. The van der Waals surface area contributed by atoms with Crippen LogP contribution in [0.2, 0.25) is 0 Å². The summed E-state index contributed by atoms with van der Waals surface area (Å²) in [6.45, 7) is 7.13. The van der Waals surface area contributed by atoms with Gasteiger partial charge in [0.15, 0.2) is 0 Å². The summed E-state index contributed by atoms with van der Waals surface area (Å²) >= 11 is 0. The van der Waals surface area contributed by atoms with Gasteiger partial charge in [-0.25, -0.2) is 0 Å². The van der Waals surface area contributed by atoms with Crippen molar-refractivity contribution in [3.05, 3.63) is 34.5 Å². The van der Waals surface area contributed by atoms with Crippen LogP contribution in [0.25, 0.3) is 10.9 Å². The molecule has 1 aromatic carbocycles. The van der Waals surface area contributed by atoms with Crippen LogP contribution in [0.1, 0.15) is 35.2 Å². The van der Waals surface area contributed by atoms with Gasteiger partial charge in [0.05, 0.1) is 12.5 Å². The van der Waals surface area contributed by atoms with E-state index in [9.17, 15) is 4.79 Å². The number of nitrogens with one attached hydrogen (secondary N) is 2. The Balaban J connectivity index is 1.53. The number of carbonyl (C=O) groups excluding carboxylic acids is 1. The van der Waals surface area contributed by atoms with Gasteiger partial charge >= 0.3 is 0 Å². The maximum absolute atomic E-state index is 12.5. The molecule has 4 nitrogen and oxygen atoms in total. The van der Waals surface area contributed by atoms with Gasteiger partial charge in [-0.1, -0.05) is 11.6 Å². The molecule has 4 rings (SSSR count). The van der Waals surface area contributed by atoms with Gasteiger partial charge in [-0.3, -0.25) is 4.79 Å². The van der Waals surface area contributed by atoms with E-state index in [-0.39, 0.29) is 5.91 Å². The van der Waals surface area contributed by atoms with Gasteiger partial charge in [-0.05, 0) is 50.8 Å². The first kappa shape index (κ1) is 14.8. The van der Waals surface area contributed by atoms with E-state index in [1.165, 1.54) is 16.5 Å². The Morgan fingerprint density at radius 3 is 2.96 bits per heavy atom. The lowest BCUT2D eigenvalue weighted by atomic mass is 9.76. The van der Waals surface area contributed by atoms with E-state index >= 15 is 0 Å². The van der Waals surface area contributed by atoms with Crippen molar-refractivity contribution in [1.29, 1.82) is 0 Å². The number of amides is 1. The van der Waals surface area contributed by atoms with Gasteiger partial charge < -0.3 is 15.0 Å². The van der Waals surface area contributed by atoms with E-state index in [1.54, 1.807) is 0 Å². The SMILES string of the molecule is Cc1cc(C)c2[nH]c(C)c(CC(=O)N[C@@H]3C[C@H]4OCC[C@@H]34)c2c1. The first-order valence-electron chi connectivity index (χ1n) is 8.52. The zero-order chi connectivity index (χ0) is 16.1. The summed E-state index contributed by atoms with van der Waals surface area (Å²) in [5.41, 5.74) is 5.85. The molecule has 1 aliphatic heterocycles. The lowest BCUT2D eigenvalue weighted by Crippen LogP contribution is -2.53. The molecule has 0 bridgehead atoms. The molecule has 0 unspecified atom stereocenters. The number of aromatic nitrogens is 1. The molecule has 4 heteroatoms. The number of fused-ring (bicyclic) bond motifs is 2. The molecule has 1 amide bonds. The molecular formula is C19H24N2O2. The number of carbonyl (C=O) groups is 1. The standard InChI is InChI=1S/C19H24N2O2/c1-10-6-11(2)19-15(7-10)14(12(3)20-19)8-18(22)21-16-9-17-13(16)4-5-23-17/h6-7,13,16-17,20H,4-5,8-9H2,1-3H3,(H,21,22)/t13-,16+,17+/m0/s1. The third kappa shape index (κ3) is 2.45. The number of hydrogen-bond acceptors (Lipinski definition) is 2. The second-order valence-electron chi connectivity index (χ2n) is 7.18. The van der Waals surface area contributed by atoms with Crippen LogP contribution in [-0.2, 0) is 16.0 Å². The van der Waals surface area contributed by atoms with Crippen molar-refractivity contribution >= 4 is 16.8 Å². The summed E-state index contributed by atoms with van der Waals surface area (Å²) in [5.74, 6) is 0.663. The summed E-state index contributed by atoms with van der Waals surface area (Å²) in [5, 5.41) is 4.40. The molecule has 0 spiro atoms. The monoisotopic (exact) mass is 312 g/mol. The van der Waals surface area contributed by atoms with E-state index in [1.807, 2.05) is 0 Å². The Kier molecular flexibility index (Phi) is 3.45. The first-order valence-corrected chi connectivity index (χ1v) is 8.52. The minimum absolute atomic E-state index is 0.128. The summed E-state index contributed by atoms with van der Waals surface area (Å²) in [6.07, 6.45) is 2.89. The summed E-state index contributed by atoms with van der Waals surface area (Å²) in [7, 11) is 0. The van der Waals surface area contributed by atoms with E-state index in [0.717, 1.165) is 36.2 Å². The third-order valence-corrected chi connectivity index (χ3v) is 5.52. The van der Waals surface area contributed by atoms with E-state index in [0.29, 0.717) is 24.5 Å². The van der Waals surface area contributed by atoms with Crippen LogP contribution in [0.3, 0.4) is 0 Å². The third-order valence-electron chi connectivity index (χ3n) is 5.52. The van der Waals surface area contributed by atoms with Crippen molar-refractivity contribution in [1.82, 2.24) is 10.3 Å². The van der Waals surface area contributed by atoms with Crippen LogP contribution in [0.4, 0.5) is 0 Å². The van der Waals surface area contributed by atoms with Crippen molar-refractivity contribution in [2.45, 2.75) is 52.2 Å². The number of hydrogen-bond donors (Lipinski definition) is 2. The van der Waals surface area contributed by atoms with Crippen LogP contribution in [0, 0.1) is 26.7 Å². The Labute approximate surface area is 136 Å². The van der Waals surface area contributed by atoms with Crippen LogP contribution in [0.5, 0.6) is 0 Å². The van der Waals surface area contributed by atoms with Gasteiger partial charge in [-0.15, -0.1) is 0 Å². The van der Waals surface area contributed by atoms with E-state index in [2.05, 4.69) is 43.2 Å². The Hall–Kier alpha value is -1.81. The van der Waals surface area contributed by atoms with E-state index in [4.69, 9.17) is 4.74 Å². The summed E-state index contributed by atoms with van der Waals surface area (Å²) in [4.78, 5) is 15.9. The van der Waals surface area contributed by atoms with Gasteiger partial charge in [-0.2, -0.15) is 0 Å². The molecule has 2 fully saturated rings. The molecule has 1 aromatic heterocycles. The maximum atomic E-state index is 12.5. The van der Waals surface area contributed by atoms with Crippen LogP contribution in [0.15, 0.2) is 12.1 Å². The van der Waals surface area contributed by atoms with Gasteiger partial charge in [0.25, 0.3) is 0 Å². The number of aromatic amines is 1. The largest absolute Gasteiger partial charge is 0.378 e. The smallest absolute Gasteiger partial charge is 0.224 e. The molecule has 23 heavy (non-hydrogen) atoms. The average Bonchev–Trinajstić information content (AvgIpc) is 2.99. The molecule has 2 N–H and O–H groups in total. The molecule has 1 aliphatic carbocycles. The van der Waals surface area contributed by atoms with Gasteiger partial charge in [0.2, 0.25) is 5.91 Å². The zero-order valence-electron chi connectivity index (χ0n) is 14.0. The molecule has 2 aromatic rings. The predicted octanol–water partition coefficient (Wildman–Crippen LogP) is 2.93. The summed E-state index contributed by atoms with van der Waals surface area (Å²) < 4.78 is 5.62. The van der Waals surface area contributed by atoms with Gasteiger partial charge in [0.1, 0.15) is 0 Å². The lowest BCUT2D eigenvalue weighted by Gasteiger charge is -2.39. The maximum Gasteiger partial charge on any atom is 0.224 e. The van der Waals surface area contributed by atoms with Gasteiger partial charge in [0, 0.05) is 35.2 Å². The number of benzene rings is 1. The number of aryl methyl sites for hydroxylation is 3. The normalized spacial score (nSPS) is 26.1. The molecule has 2 heterocycles. The zero-order valence-corrected chi connectivity index (χ0v) is 14.0. The quantitative estimate of drug-likeness (QED) is 0.915. The van der Waals surface area contributed by atoms with Crippen LogP contribution < -0.4 is 5.32 Å². The predicted molar refractivity (Wildman–Crippen MR) is 90.6 cm³/mol. The Morgan fingerprint density at radius 1 is 1.35 bits per heavy atom. The van der Waals surface area contributed by atoms with Crippen LogP contribution >= 0.6 is 0 Å². The molecule has 3 atom stereocenters. The Bertz CT molecular complexity index is 777. The number of ether oxygens (including phenoxy) is 1. The van der Waals surface area contributed by atoms with E-state index < -0.39 is 0 Å². The molecule has 1 saturated heterocycles. The highest BCUT2D eigenvalue weighted by molar-refractivity contribution is 5.92. The molecule has 2 aliphatic rings. The topological polar surface area (TPSA) is 54.1 Å². The fraction of sp³-hybridized carbons (Fsp3) is 0.526. The van der Waals surface area contributed by atoms with Crippen LogP contribution in [-0.4, -0.2) is 29.6 Å². The molecule has 0 radical (unpaired) electrons. The van der Waals surface area contributed by atoms with Crippen molar-refractivity contribution in [2.75, 3.05) is 6.61 Å². The molecule has 122 valence electrons. The first-order chi connectivity index (χ1) is 11.0. The second-order valence-corrected chi connectivity index (χ2v) is 7.18. The van der Waals surface area contributed by atoms with Crippen molar-refractivity contribution < 1.29 is 9.53 Å². The van der Waals surface area contributed by atoms with Crippen molar-refractivity contribution in [2.24, 2.45) is 5.92 Å². The number of rotatable bonds is 3. The highest BCUT2D eigenvalue weighted by Crippen LogP contribution is 2.38. The lowest BCUT2D eigenvalue weighted by molar-refractivity contribution is -0.123. The molecular weight excluding hydrogens is 288 g/mol. The molecule has 1 saturated carbocycles.